The topological polar surface area (TPSA) is 15.3 Å². The summed E-state index contributed by atoms with van der Waals surface area (Å²) in [5.41, 5.74) is 8.19. The predicted molar refractivity (Wildman–Crippen MR) is 103 cm³/mol. The molecule has 0 radical (unpaired) electrons. The molecular weight excluding hydrogens is 292 g/mol. The van der Waals surface area contributed by atoms with Crippen molar-refractivity contribution in [1.82, 2.24) is 0 Å². The number of allylic oxidation sites excluding steroid dienone is 2. The van der Waals surface area contributed by atoms with Gasteiger partial charge in [0.1, 0.15) is 0 Å². The average molecular weight is 318 g/mol. The van der Waals surface area contributed by atoms with Gasteiger partial charge >= 0.3 is 0 Å². The Hall–Kier alpha value is -2.22. The van der Waals surface area contributed by atoms with Crippen LogP contribution in [-0.2, 0) is 0 Å². The van der Waals surface area contributed by atoms with Gasteiger partial charge in [-0.3, -0.25) is 0 Å². The van der Waals surface area contributed by atoms with Crippen LogP contribution in [0.25, 0.3) is 0 Å². The van der Waals surface area contributed by atoms with Crippen LogP contribution in [0.1, 0.15) is 40.6 Å². The van der Waals surface area contributed by atoms with Crippen molar-refractivity contribution in [2.24, 2.45) is 5.92 Å². The van der Waals surface area contributed by atoms with E-state index in [2.05, 4.69) is 86.7 Å². The lowest BCUT2D eigenvalue weighted by molar-refractivity contribution is 0.425. The lowest BCUT2D eigenvalue weighted by Gasteiger charge is -2.38. The summed E-state index contributed by atoms with van der Waals surface area (Å²) in [4.78, 5) is 2.15. The van der Waals surface area contributed by atoms with Crippen LogP contribution in [0.15, 0.2) is 48.6 Å². The Morgan fingerprint density at radius 1 is 1.04 bits per heavy atom. The Morgan fingerprint density at radius 2 is 1.79 bits per heavy atom. The number of fused-ring (bicyclic) bond motifs is 3. The lowest BCUT2D eigenvalue weighted by atomic mass is 9.76. The summed E-state index contributed by atoms with van der Waals surface area (Å²) in [6, 6.07) is 14.1. The van der Waals surface area contributed by atoms with E-state index in [0.29, 0.717) is 17.9 Å². The molecule has 1 aliphatic heterocycles. The standard InChI is InChI=1S/C22H26N2/c1-14-12-15(2)21-20(13-14)18-6-5-7-19(18)22(23-21)16-8-10-17(11-9-16)24(3)4/h5-6,8-13,18-19,22-23H,7H2,1-4H3. The minimum atomic E-state index is 0.384. The Morgan fingerprint density at radius 3 is 2.50 bits per heavy atom. The van der Waals surface area contributed by atoms with E-state index in [-0.39, 0.29) is 0 Å². The van der Waals surface area contributed by atoms with Gasteiger partial charge in [0.25, 0.3) is 0 Å². The van der Waals surface area contributed by atoms with E-state index >= 15 is 0 Å². The zero-order valence-corrected chi connectivity index (χ0v) is 15.0. The molecule has 3 unspecified atom stereocenters. The summed E-state index contributed by atoms with van der Waals surface area (Å²) < 4.78 is 0. The van der Waals surface area contributed by atoms with Crippen LogP contribution in [0.2, 0.25) is 0 Å². The van der Waals surface area contributed by atoms with E-state index < -0.39 is 0 Å². The van der Waals surface area contributed by atoms with Gasteiger partial charge in [-0.25, -0.2) is 0 Å². The number of anilines is 2. The van der Waals surface area contributed by atoms with Crippen LogP contribution >= 0.6 is 0 Å². The molecule has 2 heteroatoms. The number of aryl methyl sites for hydroxylation is 2. The molecule has 0 bridgehead atoms. The van der Waals surface area contributed by atoms with E-state index in [9.17, 15) is 0 Å². The molecule has 0 spiro atoms. The molecule has 0 amide bonds. The van der Waals surface area contributed by atoms with Crippen LogP contribution in [0, 0.1) is 19.8 Å². The molecule has 1 heterocycles. The molecule has 1 N–H and O–H groups in total. The second-order valence-corrected chi connectivity index (χ2v) is 7.51. The van der Waals surface area contributed by atoms with Crippen molar-refractivity contribution < 1.29 is 0 Å². The third-order valence-corrected chi connectivity index (χ3v) is 5.58. The van der Waals surface area contributed by atoms with Crippen molar-refractivity contribution in [2.75, 3.05) is 24.3 Å². The lowest BCUT2D eigenvalue weighted by Crippen LogP contribution is -2.29. The van der Waals surface area contributed by atoms with E-state index in [1.165, 1.54) is 33.6 Å². The van der Waals surface area contributed by atoms with E-state index in [1.54, 1.807) is 0 Å². The molecule has 2 aliphatic rings. The van der Waals surface area contributed by atoms with Gasteiger partial charge in [-0.1, -0.05) is 42.0 Å². The van der Waals surface area contributed by atoms with Gasteiger partial charge in [0.15, 0.2) is 0 Å². The van der Waals surface area contributed by atoms with Crippen molar-refractivity contribution in [1.29, 1.82) is 0 Å². The fourth-order valence-corrected chi connectivity index (χ4v) is 4.38. The zero-order valence-electron chi connectivity index (χ0n) is 15.0. The third kappa shape index (κ3) is 2.41. The molecule has 0 fully saturated rings. The molecule has 0 saturated carbocycles. The molecule has 4 rings (SSSR count). The summed E-state index contributed by atoms with van der Waals surface area (Å²) in [7, 11) is 4.18. The average Bonchev–Trinajstić information content (AvgIpc) is 3.04. The molecule has 1 aliphatic carbocycles. The first-order chi connectivity index (χ1) is 11.5. The zero-order chi connectivity index (χ0) is 16.8. The van der Waals surface area contributed by atoms with Crippen molar-refractivity contribution in [3.8, 4) is 0 Å². The van der Waals surface area contributed by atoms with Crippen LogP contribution < -0.4 is 10.2 Å². The summed E-state index contributed by atoms with van der Waals surface area (Å²) in [5.74, 6) is 1.15. The molecule has 3 atom stereocenters. The Labute approximate surface area is 145 Å². The van der Waals surface area contributed by atoms with E-state index in [1.807, 2.05) is 0 Å². The molecule has 124 valence electrons. The van der Waals surface area contributed by atoms with Gasteiger partial charge in [0, 0.05) is 31.4 Å². The first-order valence-corrected chi connectivity index (χ1v) is 8.86. The monoisotopic (exact) mass is 318 g/mol. The number of nitrogens with one attached hydrogen (secondary N) is 1. The predicted octanol–water partition coefficient (Wildman–Crippen LogP) is 5.20. The van der Waals surface area contributed by atoms with E-state index in [4.69, 9.17) is 0 Å². The van der Waals surface area contributed by atoms with Crippen molar-refractivity contribution >= 4 is 11.4 Å². The molecule has 2 aromatic rings. The smallest absolute Gasteiger partial charge is 0.0554 e. The van der Waals surface area contributed by atoms with E-state index in [0.717, 1.165) is 6.42 Å². The van der Waals surface area contributed by atoms with Crippen LogP contribution in [0.3, 0.4) is 0 Å². The van der Waals surface area contributed by atoms with Crippen molar-refractivity contribution in [2.45, 2.75) is 32.2 Å². The minimum Gasteiger partial charge on any atom is -0.378 e. The first kappa shape index (κ1) is 15.3. The number of rotatable bonds is 2. The quantitative estimate of drug-likeness (QED) is 0.766. The fraction of sp³-hybridized carbons (Fsp3) is 0.364. The second kappa shape index (κ2) is 5.70. The second-order valence-electron chi connectivity index (χ2n) is 7.51. The molecule has 0 aromatic heterocycles. The summed E-state index contributed by atoms with van der Waals surface area (Å²) in [6.45, 7) is 4.43. The minimum absolute atomic E-state index is 0.384. The van der Waals surface area contributed by atoms with Gasteiger partial charge in [0.05, 0.1) is 6.04 Å². The first-order valence-electron chi connectivity index (χ1n) is 8.86. The Balaban J connectivity index is 1.75. The normalized spacial score (nSPS) is 24.2. The maximum absolute atomic E-state index is 3.88. The van der Waals surface area contributed by atoms with Crippen LogP contribution in [-0.4, -0.2) is 14.1 Å². The molecule has 0 saturated heterocycles. The Bertz CT molecular complexity index is 786. The van der Waals surface area contributed by atoms with Crippen LogP contribution in [0.4, 0.5) is 11.4 Å². The highest BCUT2D eigenvalue weighted by molar-refractivity contribution is 5.65. The maximum atomic E-state index is 3.88. The van der Waals surface area contributed by atoms with Gasteiger partial charge < -0.3 is 10.2 Å². The fourth-order valence-electron chi connectivity index (χ4n) is 4.38. The molecule has 2 aromatic carbocycles. The number of nitrogens with zero attached hydrogens (tertiary/aromatic N) is 1. The number of benzene rings is 2. The van der Waals surface area contributed by atoms with Gasteiger partial charge in [0.2, 0.25) is 0 Å². The third-order valence-electron chi connectivity index (χ3n) is 5.58. The van der Waals surface area contributed by atoms with Crippen molar-refractivity contribution in [3.05, 3.63) is 70.8 Å². The largest absolute Gasteiger partial charge is 0.378 e. The summed E-state index contributed by atoms with van der Waals surface area (Å²) in [5, 5.41) is 3.88. The van der Waals surface area contributed by atoms with Gasteiger partial charge in [-0.15, -0.1) is 0 Å². The highest BCUT2D eigenvalue weighted by atomic mass is 15.1. The highest BCUT2D eigenvalue weighted by Gasteiger charge is 2.38. The highest BCUT2D eigenvalue weighted by Crippen LogP contribution is 2.50. The summed E-state index contributed by atoms with van der Waals surface area (Å²) in [6.07, 6.45) is 5.94. The molecule has 2 nitrogen and oxygen atoms in total. The van der Waals surface area contributed by atoms with Gasteiger partial charge in [-0.2, -0.15) is 0 Å². The SMILES string of the molecule is Cc1cc(C)c2c(c1)C1C=CCC1C(c1ccc(N(C)C)cc1)N2. The number of hydrogen-bond donors (Lipinski definition) is 1. The van der Waals surface area contributed by atoms with Gasteiger partial charge in [-0.05, 0) is 55.0 Å². The molecule has 24 heavy (non-hydrogen) atoms. The van der Waals surface area contributed by atoms with Crippen molar-refractivity contribution in [3.63, 3.8) is 0 Å². The maximum Gasteiger partial charge on any atom is 0.0554 e. The Kier molecular flexibility index (Phi) is 3.64. The van der Waals surface area contributed by atoms with Crippen LogP contribution in [0.5, 0.6) is 0 Å². The molecular formula is C22H26N2. The summed E-state index contributed by atoms with van der Waals surface area (Å²) >= 11 is 0. The number of hydrogen-bond acceptors (Lipinski definition) is 2.